The molecule has 0 fully saturated rings. The molecule has 0 aromatic carbocycles. The molecule has 2 N–H and O–H groups in total. The molecule has 112 valence electrons. The molecule has 0 bridgehead atoms. The van der Waals surface area contributed by atoms with Crippen LogP contribution in [0.1, 0.15) is 40.0 Å². The smallest absolute Gasteiger partial charge is 0.239 e. The Morgan fingerprint density at radius 2 is 1.79 bits per heavy atom. The first kappa shape index (κ1) is 17.9. The molecule has 0 saturated heterocycles. The summed E-state index contributed by atoms with van der Waals surface area (Å²) in [6.07, 6.45) is 2.80. The van der Waals surface area contributed by atoms with E-state index in [9.17, 15) is 9.59 Å². The zero-order valence-electron chi connectivity index (χ0n) is 13.0. The van der Waals surface area contributed by atoms with E-state index in [-0.39, 0.29) is 24.4 Å². The van der Waals surface area contributed by atoms with Crippen LogP contribution in [0.5, 0.6) is 0 Å². The van der Waals surface area contributed by atoms with Gasteiger partial charge in [0.1, 0.15) is 0 Å². The maximum atomic E-state index is 12.0. The van der Waals surface area contributed by atoms with Gasteiger partial charge in [0.05, 0.1) is 12.6 Å². The van der Waals surface area contributed by atoms with E-state index < -0.39 is 0 Å². The molecular weight excluding hydrogens is 242 g/mol. The van der Waals surface area contributed by atoms with Crippen LogP contribution in [-0.2, 0) is 9.59 Å². The number of likely N-dealkylation sites (N-methyl/N-ethyl adjacent to an activating group) is 1. The second-order valence-electron chi connectivity index (χ2n) is 5.53. The lowest BCUT2D eigenvalue weighted by molar-refractivity contribution is -0.129. The summed E-state index contributed by atoms with van der Waals surface area (Å²) >= 11 is 0. The van der Waals surface area contributed by atoms with Crippen molar-refractivity contribution in [2.75, 3.05) is 27.2 Å². The molecule has 0 radical (unpaired) electrons. The molecule has 0 rings (SSSR count). The lowest BCUT2D eigenvalue weighted by atomic mass is 10.0. The largest absolute Gasteiger partial charge is 0.355 e. The average Bonchev–Trinajstić information content (AvgIpc) is 2.32. The van der Waals surface area contributed by atoms with Crippen molar-refractivity contribution in [3.63, 3.8) is 0 Å². The van der Waals surface area contributed by atoms with Crippen molar-refractivity contribution in [1.82, 2.24) is 15.5 Å². The molecular formula is C14H29N3O2. The lowest BCUT2D eigenvalue weighted by Gasteiger charge is -2.24. The third kappa shape index (κ3) is 8.59. The zero-order chi connectivity index (χ0) is 14.8. The molecule has 0 spiro atoms. The van der Waals surface area contributed by atoms with Crippen LogP contribution in [0.2, 0.25) is 0 Å². The Morgan fingerprint density at radius 1 is 1.16 bits per heavy atom. The molecule has 2 amide bonds. The van der Waals surface area contributed by atoms with Crippen molar-refractivity contribution >= 4 is 11.8 Å². The van der Waals surface area contributed by atoms with E-state index in [1.54, 1.807) is 0 Å². The fraction of sp³-hybridized carbons (Fsp3) is 0.857. The van der Waals surface area contributed by atoms with Crippen molar-refractivity contribution in [3.8, 4) is 0 Å². The van der Waals surface area contributed by atoms with Crippen LogP contribution in [0, 0.1) is 5.92 Å². The number of carbonyl (C=O) groups excluding carboxylic acids is 2. The fourth-order valence-corrected chi connectivity index (χ4v) is 1.75. The van der Waals surface area contributed by atoms with Crippen LogP contribution in [0.25, 0.3) is 0 Å². The molecule has 0 aromatic heterocycles. The van der Waals surface area contributed by atoms with Gasteiger partial charge in [0.2, 0.25) is 11.8 Å². The van der Waals surface area contributed by atoms with Crippen molar-refractivity contribution in [1.29, 1.82) is 0 Å². The van der Waals surface area contributed by atoms with E-state index in [1.165, 1.54) is 0 Å². The monoisotopic (exact) mass is 271 g/mol. The topological polar surface area (TPSA) is 61.4 Å². The second-order valence-corrected chi connectivity index (χ2v) is 5.53. The third-order valence-electron chi connectivity index (χ3n) is 2.90. The zero-order valence-corrected chi connectivity index (χ0v) is 13.0. The summed E-state index contributed by atoms with van der Waals surface area (Å²) in [6, 6.07) is -0.177. The minimum Gasteiger partial charge on any atom is -0.355 e. The van der Waals surface area contributed by atoms with E-state index in [4.69, 9.17) is 0 Å². The Labute approximate surface area is 117 Å². The molecule has 0 unspecified atom stereocenters. The van der Waals surface area contributed by atoms with Gasteiger partial charge in [-0.3, -0.25) is 14.5 Å². The highest BCUT2D eigenvalue weighted by Crippen LogP contribution is 2.08. The van der Waals surface area contributed by atoms with Crippen LogP contribution >= 0.6 is 0 Å². The standard InChI is InChI=1S/C14H29N3O2/c1-6-7-8-15-13(18)10-16-14(19)12(17(4)5)9-11(2)3/h11-12H,6-10H2,1-5H3,(H,15,18)(H,16,19)/t12-/m0/s1. The first-order chi connectivity index (χ1) is 8.88. The van der Waals surface area contributed by atoms with Gasteiger partial charge >= 0.3 is 0 Å². The third-order valence-corrected chi connectivity index (χ3v) is 2.90. The van der Waals surface area contributed by atoms with Crippen LogP contribution < -0.4 is 10.6 Å². The Hall–Kier alpha value is -1.10. The van der Waals surface area contributed by atoms with Gasteiger partial charge in [-0.15, -0.1) is 0 Å². The number of rotatable bonds is 9. The molecule has 0 aliphatic carbocycles. The predicted molar refractivity (Wildman–Crippen MR) is 77.9 cm³/mol. The highest BCUT2D eigenvalue weighted by Gasteiger charge is 2.21. The second kappa shape index (κ2) is 9.78. The number of unbranched alkanes of at least 4 members (excludes halogenated alkanes) is 1. The van der Waals surface area contributed by atoms with E-state index in [2.05, 4.69) is 31.4 Å². The van der Waals surface area contributed by atoms with Gasteiger partial charge in [0, 0.05) is 6.54 Å². The van der Waals surface area contributed by atoms with E-state index in [0.717, 1.165) is 19.3 Å². The number of nitrogens with zero attached hydrogens (tertiary/aromatic N) is 1. The summed E-state index contributed by atoms with van der Waals surface area (Å²) in [7, 11) is 3.77. The van der Waals surface area contributed by atoms with Crippen molar-refractivity contribution in [2.45, 2.75) is 46.1 Å². The van der Waals surface area contributed by atoms with Crippen LogP contribution in [0.3, 0.4) is 0 Å². The quantitative estimate of drug-likeness (QED) is 0.615. The van der Waals surface area contributed by atoms with Crippen molar-refractivity contribution < 1.29 is 9.59 Å². The van der Waals surface area contributed by atoms with Crippen LogP contribution in [0.4, 0.5) is 0 Å². The summed E-state index contributed by atoms with van der Waals surface area (Å²) in [5.41, 5.74) is 0. The van der Waals surface area contributed by atoms with Gasteiger partial charge in [-0.05, 0) is 32.9 Å². The number of carbonyl (C=O) groups is 2. The van der Waals surface area contributed by atoms with E-state index in [1.807, 2.05) is 19.0 Å². The van der Waals surface area contributed by atoms with Crippen molar-refractivity contribution in [2.24, 2.45) is 5.92 Å². The first-order valence-electron chi connectivity index (χ1n) is 7.09. The molecule has 19 heavy (non-hydrogen) atoms. The molecule has 0 saturated carbocycles. The Balaban J connectivity index is 4.08. The number of hydrogen-bond acceptors (Lipinski definition) is 3. The van der Waals surface area contributed by atoms with Gasteiger partial charge in [-0.25, -0.2) is 0 Å². The van der Waals surface area contributed by atoms with E-state index >= 15 is 0 Å². The minimum atomic E-state index is -0.177. The highest BCUT2D eigenvalue weighted by molar-refractivity contribution is 5.87. The normalized spacial score (nSPS) is 12.6. The molecule has 0 aliphatic rings. The maximum Gasteiger partial charge on any atom is 0.239 e. The van der Waals surface area contributed by atoms with Gasteiger partial charge in [0.25, 0.3) is 0 Å². The van der Waals surface area contributed by atoms with Gasteiger partial charge < -0.3 is 10.6 Å². The fourth-order valence-electron chi connectivity index (χ4n) is 1.75. The number of amides is 2. The Morgan fingerprint density at radius 3 is 2.26 bits per heavy atom. The maximum absolute atomic E-state index is 12.0. The summed E-state index contributed by atoms with van der Waals surface area (Å²) in [5.74, 6) is 0.240. The molecule has 5 heteroatoms. The van der Waals surface area contributed by atoms with Crippen LogP contribution in [0.15, 0.2) is 0 Å². The molecule has 0 heterocycles. The summed E-state index contributed by atoms with van der Waals surface area (Å²) in [4.78, 5) is 25.4. The molecule has 1 atom stereocenters. The van der Waals surface area contributed by atoms with Crippen molar-refractivity contribution in [3.05, 3.63) is 0 Å². The first-order valence-corrected chi connectivity index (χ1v) is 7.09. The molecule has 5 nitrogen and oxygen atoms in total. The number of nitrogens with one attached hydrogen (secondary N) is 2. The summed E-state index contributed by atoms with van der Waals surface area (Å²) in [6.45, 7) is 6.98. The molecule has 0 aliphatic heterocycles. The minimum absolute atomic E-state index is 0.0605. The molecule has 0 aromatic rings. The van der Waals surface area contributed by atoms with Gasteiger partial charge in [-0.2, -0.15) is 0 Å². The Bertz CT molecular complexity index is 278. The predicted octanol–water partition coefficient (Wildman–Crippen LogP) is 0.995. The van der Waals surface area contributed by atoms with E-state index in [0.29, 0.717) is 12.5 Å². The van der Waals surface area contributed by atoms with Gasteiger partial charge in [0.15, 0.2) is 0 Å². The highest BCUT2D eigenvalue weighted by atomic mass is 16.2. The van der Waals surface area contributed by atoms with Gasteiger partial charge in [-0.1, -0.05) is 27.2 Å². The average molecular weight is 271 g/mol. The number of hydrogen-bond donors (Lipinski definition) is 2. The SMILES string of the molecule is CCCCNC(=O)CNC(=O)[C@H](CC(C)C)N(C)C. The lowest BCUT2D eigenvalue weighted by Crippen LogP contribution is -2.47. The summed E-state index contributed by atoms with van der Waals surface area (Å²) < 4.78 is 0. The summed E-state index contributed by atoms with van der Waals surface area (Å²) in [5, 5.41) is 5.48. The van der Waals surface area contributed by atoms with Crippen LogP contribution in [-0.4, -0.2) is 49.9 Å². The Kier molecular flexibility index (Phi) is 9.21.